The zero-order chi connectivity index (χ0) is 16.4. The van der Waals surface area contributed by atoms with Gasteiger partial charge < -0.3 is 19.3 Å². The fraction of sp³-hybridized carbons (Fsp3) is 0.647. The molecule has 0 radical (unpaired) electrons. The number of methoxy groups -OCH3 is 2. The fourth-order valence-electron chi connectivity index (χ4n) is 2.18. The predicted octanol–water partition coefficient (Wildman–Crippen LogP) is 1.93. The first-order valence-electron chi connectivity index (χ1n) is 7.69. The maximum absolute atomic E-state index is 10.1. The molecule has 0 aliphatic rings. The largest absolute Gasteiger partial charge is 0.496 e. The fourth-order valence-corrected chi connectivity index (χ4v) is 2.18. The molecule has 0 unspecified atom stereocenters. The molecule has 0 bridgehead atoms. The Morgan fingerprint density at radius 3 is 2.55 bits per heavy atom. The molecule has 5 heteroatoms. The van der Waals surface area contributed by atoms with Crippen molar-refractivity contribution >= 4 is 0 Å². The summed E-state index contributed by atoms with van der Waals surface area (Å²) in [4.78, 5) is 2.15. The SMILES string of the molecule is COCCN(Cc1ccccc1OC)C[C@H](O)COC(C)C. The van der Waals surface area contributed by atoms with E-state index in [1.165, 1.54) is 0 Å². The van der Waals surface area contributed by atoms with Crippen LogP contribution in [0.5, 0.6) is 5.75 Å². The van der Waals surface area contributed by atoms with Crippen molar-refractivity contribution in [2.24, 2.45) is 0 Å². The molecule has 0 spiro atoms. The third-order valence-corrected chi connectivity index (χ3v) is 3.29. The average Bonchev–Trinajstić information content (AvgIpc) is 2.51. The van der Waals surface area contributed by atoms with Crippen LogP contribution in [-0.2, 0) is 16.0 Å². The lowest BCUT2D eigenvalue weighted by Gasteiger charge is -2.26. The molecule has 0 aliphatic carbocycles. The van der Waals surface area contributed by atoms with Crippen molar-refractivity contribution < 1.29 is 19.3 Å². The maximum Gasteiger partial charge on any atom is 0.123 e. The number of aliphatic hydroxyl groups excluding tert-OH is 1. The smallest absolute Gasteiger partial charge is 0.123 e. The third-order valence-electron chi connectivity index (χ3n) is 3.29. The highest BCUT2D eigenvalue weighted by molar-refractivity contribution is 5.33. The van der Waals surface area contributed by atoms with E-state index in [0.29, 0.717) is 26.3 Å². The first-order valence-corrected chi connectivity index (χ1v) is 7.69. The standard InChI is InChI=1S/C17H29NO4/c1-14(2)22-13-16(19)12-18(9-10-20-3)11-15-7-5-6-8-17(15)21-4/h5-8,14,16,19H,9-13H2,1-4H3/t16-/m0/s1. The molecule has 22 heavy (non-hydrogen) atoms. The number of ether oxygens (including phenoxy) is 3. The van der Waals surface area contributed by atoms with Crippen molar-refractivity contribution in [3.8, 4) is 5.75 Å². The lowest BCUT2D eigenvalue weighted by molar-refractivity contribution is -0.0122. The summed E-state index contributed by atoms with van der Waals surface area (Å²) in [5, 5.41) is 10.1. The van der Waals surface area contributed by atoms with Gasteiger partial charge in [0, 0.05) is 32.3 Å². The van der Waals surface area contributed by atoms with E-state index in [1.54, 1.807) is 14.2 Å². The summed E-state index contributed by atoms with van der Waals surface area (Å²) in [6.07, 6.45) is -0.398. The second kappa shape index (κ2) is 10.6. The van der Waals surface area contributed by atoms with Gasteiger partial charge >= 0.3 is 0 Å². The third kappa shape index (κ3) is 7.22. The Labute approximate surface area is 133 Å². The zero-order valence-corrected chi connectivity index (χ0v) is 14.1. The van der Waals surface area contributed by atoms with Gasteiger partial charge in [-0.25, -0.2) is 0 Å². The van der Waals surface area contributed by atoms with Crippen LogP contribution < -0.4 is 4.74 Å². The number of benzene rings is 1. The van der Waals surface area contributed by atoms with Gasteiger partial charge in [0.1, 0.15) is 5.75 Å². The molecule has 0 aromatic heterocycles. The molecule has 0 fully saturated rings. The average molecular weight is 311 g/mol. The summed E-state index contributed by atoms with van der Waals surface area (Å²) >= 11 is 0. The monoisotopic (exact) mass is 311 g/mol. The molecule has 1 atom stereocenters. The summed E-state index contributed by atoms with van der Waals surface area (Å²) in [5.41, 5.74) is 1.10. The van der Waals surface area contributed by atoms with E-state index in [-0.39, 0.29) is 6.10 Å². The van der Waals surface area contributed by atoms with Crippen molar-refractivity contribution in [2.45, 2.75) is 32.6 Å². The van der Waals surface area contributed by atoms with Crippen LogP contribution in [0.2, 0.25) is 0 Å². The Balaban J connectivity index is 2.63. The molecule has 1 rings (SSSR count). The summed E-state index contributed by atoms with van der Waals surface area (Å²) in [6.45, 7) is 6.86. The van der Waals surface area contributed by atoms with Gasteiger partial charge in [0.2, 0.25) is 0 Å². The van der Waals surface area contributed by atoms with E-state index in [1.807, 2.05) is 38.1 Å². The molecule has 1 aromatic carbocycles. The second-order valence-corrected chi connectivity index (χ2v) is 5.58. The number of hydrogen-bond acceptors (Lipinski definition) is 5. The van der Waals surface area contributed by atoms with Gasteiger partial charge in [0.15, 0.2) is 0 Å². The van der Waals surface area contributed by atoms with Crippen molar-refractivity contribution in [1.82, 2.24) is 4.90 Å². The normalized spacial score (nSPS) is 12.9. The van der Waals surface area contributed by atoms with Gasteiger partial charge in [0.25, 0.3) is 0 Å². The van der Waals surface area contributed by atoms with Crippen LogP contribution in [0, 0.1) is 0 Å². The first kappa shape index (κ1) is 18.9. The van der Waals surface area contributed by atoms with Gasteiger partial charge in [-0.3, -0.25) is 4.90 Å². The summed E-state index contributed by atoms with van der Waals surface area (Å²) in [6, 6.07) is 7.93. The van der Waals surface area contributed by atoms with Crippen molar-refractivity contribution in [3.63, 3.8) is 0 Å². The van der Waals surface area contributed by atoms with Crippen LogP contribution in [-0.4, -0.2) is 62.7 Å². The van der Waals surface area contributed by atoms with E-state index in [9.17, 15) is 5.11 Å². The van der Waals surface area contributed by atoms with Crippen molar-refractivity contribution in [3.05, 3.63) is 29.8 Å². The van der Waals surface area contributed by atoms with Crippen molar-refractivity contribution in [2.75, 3.05) is 40.5 Å². The van der Waals surface area contributed by atoms with Gasteiger partial charge in [0.05, 0.1) is 32.5 Å². The molecule has 0 saturated carbocycles. The minimum Gasteiger partial charge on any atom is -0.496 e. The number of aliphatic hydroxyl groups is 1. The Bertz CT molecular complexity index is 411. The van der Waals surface area contributed by atoms with E-state index < -0.39 is 6.10 Å². The molecule has 0 heterocycles. The first-order chi connectivity index (χ1) is 10.6. The molecule has 5 nitrogen and oxygen atoms in total. The van der Waals surface area contributed by atoms with Crippen LogP contribution in [0.1, 0.15) is 19.4 Å². The van der Waals surface area contributed by atoms with Gasteiger partial charge in [-0.2, -0.15) is 0 Å². The number of nitrogens with zero attached hydrogens (tertiary/aromatic N) is 1. The molecular weight excluding hydrogens is 282 g/mol. The summed E-state index contributed by atoms with van der Waals surface area (Å²) in [5.74, 6) is 0.859. The molecule has 1 aromatic rings. The molecule has 0 saturated heterocycles. The molecule has 0 amide bonds. The summed E-state index contributed by atoms with van der Waals surface area (Å²) < 4.78 is 16.0. The minimum atomic E-state index is -0.519. The minimum absolute atomic E-state index is 0.122. The van der Waals surface area contributed by atoms with E-state index >= 15 is 0 Å². The van der Waals surface area contributed by atoms with Crippen LogP contribution in [0.3, 0.4) is 0 Å². The molecule has 126 valence electrons. The summed E-state index contributed by atoms with van der Waals surface area (Å²) in [7, 11) is 3.35. The maximum atomic E-state index is 10.1. The molecule has 1 N–H and O–H groups in total. The Morgan fingerprint density at radius 2 is 1.91 bits per heavy atom. The quantitative estimate of drug-likeness (QED) is 0.677. The number of hydrogen-bond donors (Lipinski definition) is 1. The van der Waals surface area contributed by atoms with E-state index in [2.05, 4.69) is 4.90 Å². The second-order valence-electron chi connectivity index (χ2n) is 5.58. The highest BCUT2D eigenvalue weighted by atomic mass is 16.5. The van der Waals surface area contributed by atoms with Crippen LogP contribution in [0.15, 0.2) is 24.3 Å². The number of rotatable bonds is 11. The lowest BCUT2D eigenvalue weighted by atomic mass is 10.1. The van der Waals surface area contributed by atoms with E-state index in [0.717, 1.165) is 17.9 Å². The molecule has 0 aliphatic heterocycles. The Hall–Kier alpha value is -1.14. The van der Waals surface area contributed by atoms with E-state index in [4.69, 9.17) is 14.2 Å². The van der Waals surface area contributed by atoms with Crippen LogP contribution in [0.25, 0.3) is 0 Å². The zero-order valence-electron chi connectivity index (χ0n) is 14.1. The lowest BCUT2D eigenvalue weighted by Crippen LogP contribution is -2.37. The van der Waals surface area contributed by atoms with Crippen LogP contribution in [0.4, 0.5) is 0 Å². The van der Waals surface area contributed by atoms with Crippen LogP contribution >= 0.6 is 0 Å². The van der Waals surface area contributed by atoms with Gasteiger partial charge in [-0.15, -0.1) is 0 Å². The molecular formula is C17H29NO4. The van der Waals surface area contributed by atoms with Gasteiger partial charge in [-0.1, -0.05) is 18.2 Å². The number of para-hydroxylation sites is 1. The van der Waals surface area contributed by atoms with Gasteiger partial charge in [-0.05, 0) is 19.9 Å². The topological polar surface area (TPSA) is 51.2 Å². The highest BCUT2D eigenvalue weighted by Crippen LogP contribution is 2.19. The Morgan fingerprint density at radius 1 is 1.18 bits per heavy atom. The van der Waals surface area contributed by atoms with Crippen molar-refractivity contribution in [1.29, 1.82) is 0 Å². The highest BCUT2D eigenvalue weighted by Gasteiger charge is 2.15. The predicted molar refractivity (Wildman–Crippen MR) is 87.2 cm³/mol. The Kier molecular flexibility index (Phi) is 9.08.